The van der Waals surface area contributed by atoms with Gasteiger partial charge in [0, 0.05) is 5.33 Å². The van der Waals surface area contributed by atoms with Crippen molar-refractivity contribution < 1.29 is 0 Å². The van der Waals surface area contributed by atoms with Gasteiger partial charge >= 0.3 is 0 Å². The van der Waals surface area contributed by atoms with Crippen molar-refractivity contribution >= 4 is 15.9 Å². The molecule has 2 aromatic carbocycles. The monoisotopic (exact) mass is 384 g/mol. The largest absolute Gasteiger partial charge is 0.0928 e. The minimum absolute atomic E-state index is 1.13. The summed E-state index contributed by atoms with van der Waals surface area (Å²) in [5.74, 6) is 0. The van der Waals surface area contributed by atoms with Gasteiger partial charge in [-0.15, -0.1) is 0 Å². The van der Waals surface area contributed by atoms with Crippen LogP contribution in [0, 0.1) is 0 Å². The molecule has 0 bridgehead atoms. The summed E-state index contributed by atoms with van der Waals surface area (Å²) in [6.45, 7) is 0. The maximum Gasteiger partial charge on any atom is 0.00313 e. The van der Waals surface area contributed by atoms with Crippen molar-refractivity contribution in [3.05, 3.63) is 59.2 Å². The molecule has 2 aromatic rings. The van der Waals surface area contributed by atoms with Crippen LogP contribution in [0.25, 0.3) is 11.1 Å². The van der Waals surface area contributed by atoms with E-state index < -0.39 is 0 Å². The Balaban J connectivity index is 1.43. The zero-order valence-electron chi connectivity index (χ0n) is 14.7. The van der Waals surface area contributed by atoms with E-state index in [0.717, 1.165) is 11.8 Å². The van der Waals surface area contributed by atoms with E-state index >= 15 is 0 Å². The molecule has 1 aliphatic rings. The van der Waals surface area contributed by atoms with Gasteiger partial charge in [0.25, 0.3) is 0 Å². The second kappa shape index (κ2) is 9.42. The van der Waals surface area contributed by atoms with E-state index in [4.69, 9.17) is 0 Å². The van der Waals surface area contributed by atoms with Gasteiger partial charge in [-0.05, 0) is 53.5 Å². The van der Waals surface area contributed by atoms with Gasteiger partial charge in [-0.2, -0.15) is 0 Å². The molecule has 0 aliphatic heterocycles. The Labute approximate surface area is 155 Å². The molecule has 24 heavy (non-hydrogen) atoms. The van der Waals surface area contributed by atoms with E-state index in [1.54, 1.807) is 11.1 Å². The molecular formula is C23H29Br. The van der Waals surface area contributed by atoms with E-state index in [1.807, 2.05) is 0 Å². The van der Waals surface area contributed by atoms with Crippen molar-refractivity contribution in [2.75, 3.05) is 5.33 Å². The Morgan fingerprint density at radius 3 is 2.12 bits per heavy atom. The second-order valence-corrected chi connectivity index (χ2v) is 7.84. The second-order valence-electron chi connectivity index (χ2n) is 7.04. The van der Waals surface area contributed by atoms with Crippen LogP contribution in [0.15, 0.2) is 42.5 Å². The fourth-order valence-corrected chi connectivity index (χ4v) is 4.32. The van der Waals surface area contributed by atoms with Crippen LogP contribution in [-0.4, -0.2) is 5.33 Å². The minimum Gasteiger partial charge on any atom is -0.0928 e. The maximum absolute atomic E-state index is 3.51. The van der Waals surface area contributed by atoms with Gasteiger partial charge in [0.15, 0.2) is 0 Å². The van der Waals surface area contributed by atoms with Gasteiger partial charge in [-0.1, -0.05) is 96.9 Å². The third-order valence-corrected chi connectivity index (χ3v) is 5.84. The zero-order chi connectivity index (χ0) is 16.6. The Kier molecular flexibility index (Phi) is 6.96. The highest BCUT2D eigenvalue weighted by atomic mass is 79.9. The minimum atomic E-state index is 1.13. The van der Waals surface area contributed by atoms with Crippen LogP contribution in [-0.2, 0) is 12.8 Å². The molecule has 0 saturated heterocycles. The normalized spacial score (nSPS) is 12.2. The average Bonchev–Trinajstić information content (AvgIpc) is 3.00. The lowest BCUT2D eigenvalue weighted by Crippen LogP contribution is -1.93. The molecular weight excluding hydrogens is 356 g/mol. The number of hydrogen-bond donors (Lipinski definition) is 0. The van der Waals surface area contributed by atoms with Gasteiger partial charge in [-0.25, -0.2) is 0 Å². The fraction of sp³-hybridized carbons (Fsp3) is 0.478. The van der Waals surface area contributed by atoms with Crippen molar-refractivity contribution in [1.82, 2.24) is 0 Å². The van der Waals surface area contributed by atoms with Crippen molar-refractivity contribution in [2.24, 2.45) is 0 Å². The van der Waals surface area contributed by atoms with Crippen LogP contribution < -0.4 is 0 Å². The molecule has 0 fully saturated rings. The van der Waals surface area contributed by atoms with E-state index in [0.29, 0.717) is 0 Å². The van der Waals surface area contributed by atoms with Gasteiger partial charge in [-0.3, -0.25) is 0 Å². The molecule has 0 radical (unpaired) electrons. The van der Waals surface area contributed by atoms with Crippen molar-refractivity contribution in [2.45, 2.75) is 64.2 Å². The van der Waals surface area contributed by atoms with E-state index in [2.05, 4.69) is 58.4 Å². The molecule has 0 amide bonds. The SMILES string of the molecule is BrCCCCCCCCCCc1cccc2c1Cc1ccccc1-2. The molecule has 3 rings (SSSR count). The average molecular weight is 385 g/mol. The Morgan fingerprint density at radius 1 is 0.667 bits per heavy atom. The molecule has 0 N–H and O–H groups in total. The lowest BCUT2D eigenvalue weighted by molar-refractivity contribution is 0.576. The Morgan fingerprint density at radius 2 is 1.33 bits per heavy atom. The first-order valence-corrected chi connectivity index (χ1v) is 10.8. The summed E-state index contributed by atoms with van der Waals surface area (Å²) in [5.41, 5.74) is 7.62. The summed E-state index contributed by atoms with van der Waals surface area (Å²) in [4.78, 5) is 0. The van der Waals surface area contributed by atoms with Crippen molar-refractivity contribution in [3.8, 4) is 11.1 Å². The summed E-state index contributed by atoms with van der Waals surface area (Å²) < 4.78 is 0. The summed E-state index contributed by atoms with van der Waals surface area (Å²) >= 11 is 3.51. The van der Waals surface area contributed by atoms with Gasteiger partial charge in [0.05, 0.1) is 0 Å². The number of rotatable bonds is 10. The summed E-state index contributed by atoms with van der Waals surface area (Å²) in [5, 5.41) is 1.16. The molecule has 128 valence electrons. The van der Waals surface area contributed by atoms with E-state index in [-0.39, 0.29) is 0 Å². The first-order chi connectivity index (χ1) is 11.9. The predicted octanol–water partition coefficient (Wildman–Crippen LogP) is 7.32. The third-order valence-electron chi connectivity index (χ3n) is 5.28. The number of halogens is 1. The quantitative estimate of drug-likeness (QED) is 0.253. The predicted molar refractivity (Wildman–Crippen MR) is 109 cm³/mol. The zero-order valence-corrected chi connectivity index (χ0v) is 16.3. The highest BCUT2D eigenvalue weighted by Gasteiger charge is 2.19. The maximum atomic E-state index is 3.51. The van der Waals surface area contributed by atoms with E-state index in [9.17, 15) is 0 Å². The van der Waals surface area contributed by atoms with Crippen LogP contribution >= 0.6 is 15.9 Å². The summed E-state index contributed by atoms with van der Waals surface area (Å²) in [7, 11) is 0. The third kappa shape index (κ3) is 4.51. The van der Waals surface area contributed by atoms with E-state index in [1.165, 1.54) is 74.5 Å². The topological polar surface area (TPSA) is 0 Å². The van der Waals surface area contributed by atoms with Crippen molar-refractivity contribution in [1.29, 1.82) is 0 Å². The molecule has 1 heteroatoms. The molecule has 1 aliphatic carbocycles. The molecule has 0 atom stereocenters. The van der Waals surface area contributed by atoms with Crippen molar-refractivity contribution in [3.63, 3.8) is 0 Å². The number of alkyl halides is 1. The number of hydrogen-bond acceptors (Lipinski definition) is 0. The number of fused-ring (bicyclic) bond motifs is 3. The standard InChI is InChI=1S/C23H29Br/c24-17-10-6-4-2-1-3-5-7-12-19-14-11-16-22-21-15-9-8-13-20(21)18-23(19)22/h8-9,11,13-16H,1-7,10,12,17-18H2. The Bertz CT molecular complexity index is 644. The van der Waals surface area contributed by atoms with Gasteiger partial charge in [0.2, 0.25) is 0 Å². The van der Waals surface area contributed by atoms with Crippen LogP contribution in [0.5, 0.6) is 0 Å². The highest BCUT2D eigenvalue weighted by molar-refractivity contribution is 9.09. The van der Waals surface area contributed by atoms with Crippen LogP contribution in [0.4, 0.5) is 0 Å². The summed E-state index contributed by atoms with van der Waals surface area (Å²) in [6, 6.07) is 15.8. The van der Waals surface area contributed by atoms with Gasteiger partial charge < -0.3 is 0 Å². The molecule has 0 saturated carbocycles. The Hall–Kier alpha value is -1.08. The molecule has 0 heterocycles. The smallest absolute Gasteiger partial charge is 0.00313 e. The molecule has 0 aromatic heterocycles. The summed E-state index contributed by atoms with van der Waals surface area (Å²) in [6.07, 6.45) is 13.5. The van der Waals surface area contributed by atoms with Crippen LogP contribution in [0.3, 0.4) is 0 Å². The van der Waals surface area contributed by atoms with Gasteiger partial charge in [0.1, 0.15) is 0 Å². The number of benzene rings is 2. The molecule has 0 unspecified atom stereocenters. The molecule has 0 nitrogen and oxygen atoms in total. The lowest BCUT2D eigenvalue weighted by Gasteiger charge is -2.08. The van der Waals surface area contributed by atoms with Crippen LogP contribution in [0.2, 0.25) is 0 Å². The first-order valence-electron chi connectivity index (χ1n) is 9.65. The molecule has 0 spiro atoms. The fourth-order valence-electron chi connectivity index (χ4n) is 3.93. The number of aryl methyl sites for hydroxylation is 1. The lowest BCUT2D eigenvalue weighted by atomic mass is 9.96. The highest BCUT2D eigenvalue weighted by Crippen LogP contribution is 2.38. The number of unbranched alkanes of at least 4 members (excludes halogenated alkanes) is 7. The first kappa shape index (κ1) is 17.7. The van der Waals surface area contributed by atoms with Crippen LogP contribution in [0.1, 0.15) is 68.1 Å².